The zero-order valence-electron chi connectivity index (χ0n) is 10.9. The maximum Gasteiger partial charge on any atom is 0.317 e. The maximum atomic E-state index is 10.9. The minimum atomic E-state index is -0.828. The Kier molecular flexibility index (Phi) is 4.71. The van der Waals surface area contributed by atoms with Gasteiger partial charge in [0.1, 0.15) is 0 Å². The van der Waals surface area contributed by atoms with Crippen LogP contribution in [-0.2, 0) is 16.0 Å². The predicted octanol–water partition coefficient (Wildman–Crippen LogP) is 1.87. The minimum Gasteiger partial charge on any atom is -0.480 e. The van der Waals surface area contributed by atoms with Crippen LogP contribution in [-0.4, -0.2) is 42.2 Å². The first-order valence-corrected chi connectivity index (χ1v) is 6.45. The highest BCUT2D eigenvalue weighted by Crippen LogP contribution is 2.27. The van der Waals surface area contributed by atoms with Gasteiger partial charge in [0.15, 0.2) is 0 Å². The molecule has 4 heteroatoms. The van der Waals surface area contributed by atoms with Crippen LogP contribution < -0.4 is 0 Å². The van der Waals surface area contributed by atoms with Crippen molar-refractivity contribution < 1.29 is 14.6 Å². The van der Waals surface area contributed by atoms with Gasteiger partial charge in [-0.15, -0.1) is 6.58 Å². The summed E-state index contributed by atoms with van der Waals surface area (Å²) in [5.74, 6) is -0.828. The van der Waals surface area contributed by atoms with E-state index in [0.29, 0.717) is 19.7 Å². The molecular weight excluding hydrogens is 242 g/mol. The lowest BCUT2D eigenvalue weighted by molar-refractivity contribution is -0.138. The molecule has 1 aromatic rings. The number of aliphatic carboxylic acids is 1. The molecule has 0 amide bonds. The molecule has 4 nitrogen and oxygen atoms in total. The average Bonchev–Trinajstić information content (AvgIpc) is 2.39. The van der Waals surface area contributed by atoms with Crippen LogP contribution in [0.25, 0.3) is 0 Å². The van der Waals surface area contributed by atoms with Crippen molar-refractivity contribution in [3.8, 4) is 0 Å². The summed E-state index contributed by atoms with van der Waals surface area (Å²) in [7, 11) is 0. The molecule has 0 bridgehead atoms. The van der Waals surface area contributed by atoms with Crippen LogP contribution in [0.5, 0.6) is 0 Å². The van der Waals surface area contributed by atoms with Gasteiger partial charge in [-0.3, -0.25) is 9.69 Å². The quantitative estimate of drug-likeness (QED) is 0.794. The molecule has 1 aliphatic rings. The van der Waals surface area contributed by atoms with Crippen LogP contribution in [0.15, 0.2) is 36.9 Å². The van der Waals surface area contributed by atoms with E-state index in [1.165, 1.54) is 11.1 Å². The lowest BCUT2D eigenvalue weighted by atomic mass is 9.97. The highest BCUT2D eigenvalue weighted by Gasteiger charge is 2.23. The Morgan fingerprint density at radius 1 is 1.53 bits per heavy atom. The van der Waals surface area contributed by atoms with Crippen molar-refractivity contribution in [3.63, 3.8) is 0 Å². The van der Waals surface area contributed by atoms with E-state index >= 15 is 0 Å². The van der Waals surface area contributed by atoms with E-state index in [-0.39, 0.29) is 12.6 Å². The molecule has 1 unspecified atom stereocenters. The number of carbonyl (C=O) groups is 1. The number of carboxylic acid groups (broad SMARTS) is 1. The first kappa shape index (κ1) is 13.8. The van der Waals surface area contributed by atoms with Gasteiger partial charge in [0.2, 0.25) is 0 Å². The Morgan fingerprint density at radius 2 is 2.32 bits per heavy atom. The van der Waals surface area contributed by atoms with E-state index in [9.17, 15) is 4.79 Å². The Hall–Kier alpha value is -1.65. The van der Waals surface area contributed by atoms with E-state index < -0.39 is 5.97 Å². The Balaban J connectivity index is 2.09. The SMILES string of the molecule is C=CCN(CC(=O)O)CC1OCCc2ccccc21. The van der Waals surface area contributed by atoms with Crippen LogP contribution in [0, 0.1) is 0 Å². The lowest BCUT2D eigenvalue weighted by Gasteiger charge is -2.30. The third kappa shape index (κ3) is 3.66. The molecule has 0 fully saturated rings. The lowest BCUT2D eigenvalue weighted by Crippen LogP contribution is -2.35. The standard InChI is InChI=1S/C15H19NO3/c1-2-8-16(11-15(17)18)10-14-13-6-4-3-5-12(13)7-9-19-14/h2-6,14H,1,7-11H2,(H,17,18). The van der Waals surface area contributed by atoms with Crippen molar-refractivity contribution in [2.45, 2.75) is 12.5 Å². The van der Waals surface area contributed by atoms with Gasteiger partial charge in [-0.25, -0.2) is 0 Å². The average molecular weight is 261 g/mol. The molecule has 0 spiro atoms. The third-order valence-electron chi connectivity index (χ3n) is 3.26. The molecule has 0 saturated heterocycles. The van der Waals surface area contributed by atoms with Crippen LogP contribution in [0.4, 0.5) is 0 Å². The van der Waals surface area contributed by atoms with Crippen LogP contribution in [0.1, 0.15) is 17.2 Å². The molecule has 2 rings (SSSR count). The first-order chi connectivity index (χ1) is 9.20. The Bertz CT molecular complexity index is 458. The number of hydrogen-bond acceptors (Lipinski definition) is 3. The summed E-state index contributed by atoms with van der Waals surface area (Å²) in [6.45, 7) is 5.50. The van der Waals surface area contributed by atoms with Crippen molar-refractivity contribution in [2.24, 2.45) is 0 Å². The molecule has 0 aromatic heterocycles. The molecule has 0 saturated carbocycles. The predicted molar refractivity (Wildman–Crippen MR) is 73.1 cm³/mol. The second-order valence-electron chi connectivity index (χ2n) is 4.68. The monoisotopic (exact) mass is 261 g/mol. The number of nitrogens with zero attached hydrogens (tertiary/aromatic N) is 1. The van der Waals surface area contributed by atoms with Crippen LogP contribution >= 0.6 is 0 Å². The van der Waals surface area contributed by atoms with Crippen molar-refractivity contribution in [1.82, 2.24) is 4.90 Å². The number of carboxylic acids is 1. The van der Waals surface area contributed by atoms with Gasteiger partial charge in [-0.1, -0.05) is 30.3 Å². The second-order valence-corrected chi connectivity index (χ2v) is 4.68. The fourth-order valence-corrected chi connectivity index (χ4v) is 2.44. The summed E-state index contributed by atoms with van der Waals surface area (Å²) in [6, 6.07) is 8.20. The zero-order chi connectivity index (χ0) is 13.7. The molecule has 1 heterocycles. The highest BCUT2D eigenvalue weighted by molar-refractivity contribution is 5.69. The number of ether oxygens (including phenoxy) is 1. The Labute approximate surface area is 113 Å². The van der Waals surface area contributed by atoms with Gasteiger partial charge < -0.3 is 9.84 Å². The third-order valence-corrected chi connectivity index (χ3v) is 3.26. The first-order valence-electron chi connectivity index (χ1n) is 6.45. The molecule has 1 atom stereocenters. The van der Waals surface area contributed by atoms with Crippen molar-refractivity contribution in [3.05, 3.63) is 48.0 Å². The summed E-state index contributed by atoms with van der Waals surface area (Å²) >= 11 is 0. The smallest absolute Gasteiger partial charge is 0.317 e. The molecule has 1 aromatic carbocycles. The van der Waals surface area contributed by atoms with E-state index in [0.717, 1.165) is 6.42 Å². The molecule has 1 N–H and O–H groups in total. The largest absolute Gasteiger partial charge is 0.480 e. The summed E-state index contributed by atoms with van der Waals surface area (Å²) < 4.78 is 5.79. The fraction of sp³-hybridized carbons (Fsp3) is 0.400. The van der Waals surface area contributed by atoms with Gasteiger partial charge >= 0.3 is 5.97 Å². The molecule has 0 aliphatic carbocycles. The van der Waals surface area contributed by atoms with Gasteiger partial charge in [0.25, 0.3) is 0 Å². The summed E-state index contributed by atoms with van der Waals surface area (Å²) in [4.78, 5) is 12.7. The highest BCUT2D eigenvalue weighted by atomic mass is 16.5. The number of hydrogen-bond donors (Lipinski definition) is 1. The number of benzene rings is 1. The van der Waals surface area contributed by atoms with E-state index in [2.05, 4.69) is 18.7 Å². The Morgan fingerprint density at radius 3 is 3.05 bits per heavy atom. The van der Waals surface area contributed by atoms with Crippen LogP contribution in [0.3, 0.4) is 0 Å². The fourth-order valence-electron chi connectivity index (χ4n) is 2.44. The van der Waals surface area contributed by atoms with Gasteiger partial charge in [0, 0.05) is 13.1 Å². The topological polar surface area (TPSA) is 49.8 Å². The van der Waals surface area contributed by atoms with Gasteiger partial charge in [-0.2, -0.15) is 0 Å². The van der Waals surface area contributed by atoms with Crippen molar-refractivity contribution in [1.29, 1.82) is 0 Å². The second kappa shape index (κ2) is 6.50. The molecular formula is C15H19NO3. The van der Waals surface area contributed by atoms with E-state index in [1.807, 2.05) is 17.0 Å². The normalized spacial score (nSPS) is 18.1. The minimum absolute atomic E-state index is 0.00798. The zero-order valence-corrected chi connectivity index (χ0v) is 10.9. The molecule has 0 radical (unpaired) electrons. The molecule has 102 valence electrons. The summed E-state index contributed by atoms with van der Waals surface area (Å²) in [5, 5.41) is 8.92. The molecule has 19 heavy (non-hydrogen) atoms. The van der Waals surface area contributed by atoms with Gasteiger partial charge in [0.05, 0.1) is 19.3 Å². The van der Waals surface area contributed by atoms with E-state index in [4.69, 9.17) is 9.84 Å². The number of fused-ring (bicyclic) bond motifs is 1. The van der Waals surface area contributed by atoms with Gasteiger partial charge in [-0.05, 0) is 17.5 Å². The molecule has 1 aliphatic heterocycles. The van der Waals surface area contributed by atoms with Crippen LogP contribution in [0.2, 0.25) is 0 Å². The summed E-state index contributed by atoms with van der Waals surface area (Å²) in [5.41, 5.74) is 2.47. The van der Waals surface area contributed by atoms with Crippen molar-refractivity contribution in [2.75, 3.05) is 26.2 Å². The van der Waals surface area contributed by atoms with E-state index in [1.54, 1.807) is 6.08 Å². The summed E-state index contributed by atoms with van der Waals surface area (Å²) in [6.07, 6.45) is 2.59. The maximum absolute atomic E-state index is 10.9. The van der Waals surface area contributed by atoms with Crippen molar-refractivity contribution >= 4 is 5.97 Å². The number of rotatable bonds is 6.